The second kappa shape index (κ2) is 7.26. The monoisotopic (exact) mass is 279 g/mol. The summed E-state index contributed by atoms with van der Waals surface area (Å²) in [5, 5.41) is 3.31. The number of nitrogens with zero attached hydrogens (tertiary/aromatic N) is 1. The van der Waals surface area contributed by atoms with Crippen LogP contribution in [0.3, 0.4) is 0 Å². The van der Waals surface area contributed by atoms with Crippen molar-refractivity contribution in [3.63, 3.8) is 0 Å². The molecule has 0 heterocycles. The number of nitrogens with two attached hydrogens (primary N) is 1. The molecule has 0 aliphatic heterocycles. The van der Waals surface area contributed by atoms with Gasteiger partial charge in [-0.3, -0.25) is 10.1 Å². The lowest BCUT2D eigenvalue weighted by Crippen LogP contribution is -2.53. The number of carbonyl (C=O) groups excluding carboxylic acids is 1. The van der Waals surface area contributed by atoms with Gasteiger partial charge in [-0.25, -0.2) is 0 Å². The van der Waals surface area contributed by atoms with Gasteiger partial charge in [0.05, 0.1) is 7.11 Å². The quantitative estimate of drug-likeness (QED) is 0.743. The van der Waals surface area contributed by atoms with Gasteiger partial charge in [-0.15, -0.1) is 0 Å². The molecule has 0 fully saturated rings. The van der Waals surface area contributed by atoms with Gasteiger partial charge in [0.25, 0.3) is 0 Å². The van der Waals surface area contributed by atoms with E-state index in [1.54, 1.807) is 7.11 Å². The van der Waals surface area contributed by atoms with Crippen LogP contribution < -0.4 is 15.8 Å². The highest BCUT2D eigenvalue weighted by Crippen LogP contribution is 2.26. The Balaban J connectivity index is 2.99. The van der Waals surface area contributed by atoms with E-state index in [1.807, 2.05) is 45.3 Å². The maximum absolute atomic E-state index is 12.0. The van der Waals surface area contributed by atoms with Crippen LogP contribution >= 0.6 is 0 Å². The van der Waals surface area contributed by atoms with E-state index in [0.717, 1.165) is 17.9 Å². The summed E-state index contributed by atoms with van der Waals surface area (Å²) in [7, 11) is 5.60. The predicted molar refractivity (Wildman–Crippen MR) is 80.7 cm³/mol. The highest BCUT2D eigenvalue weighted by atomic mass is 16.5. The molecule has 0 bridgehead atoms. The molecule has 112 valence electrons. The zero-order valence-corrected chi connectivity index (χ0v) is 12.8. The van der Waals surface area contributed by atoms with E-state index in [1.165, 1.54) is 0 Å². The van der Waals surface area contributed by atoms with Crippen molar-refractivity contribution < 1.29 is 9.53 Å². The molecule has 5 heteroatoms. The molecule has 0 radical (unpaired) electrons. The minimum absolute atomic E-state index is 0.357. The van der Waals surface area contributed by atoms with Gasteiger partial charge < -0.3 is 15.4 Å². The summed E-state index contributed by atoms with van der Waals surface area (Å²) in [5.74, 6) is 0.403. The van der Waals surface area contributed by atoms with E-state index >= 15 is 0 Å². The lowest BCUT2D eigenvalue weighted by Gasteiger charge is -2.32. The molecule has 1 aromatic rings. The SMILES string of the molecule is CCC(NCCN(C)C)(C(N)=O)c1ccc(OC)cc1. The van der Waals surface area contributed by atoms with Crippen molar-refractivity contribution >= 4 is 5.91 Å². The summed E-state index contributed by atoms with van der Waals surface area (Å²) in [5.41, 5.74) is 5.69. The fourth-order valence-electron chi connectivity index (χ4n) is 2.20. The summed E-state index contributed by atoms with van der Waals surface area (Å²) in [6, 6.07) is 7.46. The van der Waals surface area contributed by atoms with Crippen molar-refractivity contribution in [1.82, 2.24) is 10.2 Å². The summed E-state index contributed by atoms with van der Waals surface area (Å²) >= 11 is 0. The molecule has 0 spiro atoms. The summed E-state index contributed by atoms with van der Waals surface area (Å²) in [6.07, 6.45) is 0.599. The molecule has 0 aliphatic carbocycles. The Labute approximate surface area is 121 Å². The zero-order valence-electron chi connectivity index (χ0n) is 12.8. The Morgan fingerprint density at radius 2 is 1.95 bits per heavy atom. The van der Waals surface area contributed by atoms with Crippen LogP contribution in [-0.4, -0.2) is 45.1 Å². The van der Waals surface area contributed by atoms with Crippen LogP contribution in [0.5, 0.6) is 5.75 Å². The lowest BCUT2D eigenvalue weighted by molar-refractivity contribution is -0.125. The van der Waals surface area contributed by atoms with Crippen molar-refractivity contribution in [2.75, 3.05) is 34.3 Å². The van der Waals surface area contributed by atoms with E-state index in [0.29, 0.717) is 13.0 Å². The number of primary amides is 1. The second-order valence-electron chi connectivity index (χ2n) is 5.08. The van der Waals surface area contributed by atoms with Gasteiger partial charge in [-0.1, -0.05) is 19.1 Å². The van der Waals surface area contributed by atoms with Gasteiger partial charge >= 0.3 is 0 Å². The maximum atomic E-state index is 12.0. The first-order valence-corrected chi connectivity index (χ1v) is 6.80. The number of methoxy groups -OCH3 is 1. The molecule has 1 rings (SSSR count). The van der Waals surface area contributed by atoms with Crippen LogP contribution in [0.15, 0.2) is 24.3 Å². The highest BCUT2D eigenvalue weighted by molar-refractivity contribution is 5.86. The van der Waals surface area contributed by atoms with E-state index in [2.05, 4.69) is 10.2 Å². The molecule has 1 unspecified atom stereocenters. The average molecular weight is 279 g/mol. The van der Waals surface area contributed by atoms with Crippen molar-refractivity contribution in [2.45, 2.75) is 18.9 Å². The summed E-state index contributed by atoms with van der Waals surface area (Å²) in [4.78, 5) is 14.1. The Hall–Kier alpha value is -1.59. The Bertz CT molecular complexity index is 431. The minimum Gasteiger partial charge on any atom is -0.497 e. The number of nitrogens with one attached hydrogen (secondary N) is 1. The number of hydrogen-bond donors (Lipinski definition) is 2. The van der Waals surface area contributed by atoms with Gasteiger partial charge in [-0.05, 0) is 38.2 Å². The maximum Gasteiger partial charge on any atom is 0.242 e. The van der Waals surface area contributed by atoms with Gasteiger partial charge in [0.1, 0.15) is 11.3 Å². The van der Waals surface area contributed by atoms with Crippen molar-refractivity contribution in [2.24, 2.45) is 5.73 Å². The molecule has 3 N–H and O–H groups in total. The van der Waals surface area contributed by atoms with Crippen LogP contribution in [-0.2, 0) is 10.3 Å². The van der Waals surface area contributed by atoms with Crippen LogP contribution in [0.4, 0.5) is 0 Å². The van der Waals surface area contributed by atoms with E-state index in [-0.39, 0.29) is 5.91 Å². The number of ether oxygens (including phenoxy) is 1. The molecule has 0 aromatic heterocycles. The number of carbonyl (C=O) groups is 1. The van der Waals surface area contributed by atoms with Crippen molar-refractivity contribution in [1.29, 1.82) is 0 Å². The first-order chi connectivity index (χ1) is 9.46. The molecular formula is C15H25N3O2. The standard InChI is InChI=1S/C15H25N3O2/c1-5-15(14(16)19,17-10-11-18(2)3)12-6-8-13(20-4)9-7-12/h6-9,17H,5,10-11H2,1-4H3,(H2,16,19). The molecule has 20 heavy (non-hydrogen) atoms. The predicted octanol–water partition coefficient (Wildman–Crippen LogP) is 0.937. The van der Waals surface area contributed by atoms with Crippen LogP contribution in [0.25, 0.3) is 0 Å². The van der Waals surface area contributed by atoms with E-state index in [4.69, 9.17) is 10.5 Å². The Morgan fingerprint density at radius 3 is 2.35 bits per heavy atom. The number of amides is 1. The number of rotatable bonds is 8. The molecule has 1 atom stereocenters. The fraction of sp³-hybridized carbons (Fsp3) is 0.533. The van der Waals surface area contributed by atoms with Crippen molar-refractivity contribution in [3.05, 3.63) is 29.8 Å². The van der Waals surface area contributed by atoms with Crippen LogP contribution in [0.2, 0.25) is 0 Å². The molecule has 0 saturated carbocycles. The molecule has 1 aromatic carbocycles. The smallest absolute Gasteiger partial charge is 0.242 e. The molecule has 0 saturated heterocycles. The third-order valence-corrected chi connectivity index (χ3v) is 3.52. The van der Waals surface area contributed by atoms with Gasteiger partial charge in [0, 0.05) is 13.1 Å². The first-order valence-electron chi connectivity index (χ1n) is 6.80. The molecule has 0 aliphatic rings. The zero-order chi connectivity index (χ0) is 15.2. The average Bonchev–Trinajstić information content (AvgIpc) is 2.43. The number of hydrogen-bond acceptors (Lipinski definition) is 4. The van der Waals surface area contributed by atoms with Crippen LogP contribution in [0, 0.1) is 0 Å². The third-order valence-electron chi connectivity index (χ3n) is 3.52. The topological polar surface area (TPSA) is 67.6 Å². The minimum atomic E-state index is -0.831. The van der Waals surface area contributed by atoms with Gasteiger partial charge in [0.15, 0.2) is 0 Å². The molecular weight excluding hydrogens is 254 g/mol. The normalized spacial score (nSPS) is 14.1. The number of likely N-dealkylation sites (N-methyl/N-ethyl adjacent to an activating group) is 1. The second-order valence-corrected chi connectivity index (χ2v) is 5.08. The Morgan fingerprint density at radius 1 is 1.35 bits per heavy atom. The van der Waals surface area contributed by atoms with Crippen LogP contribution in [0.1, 0.15) is 18.9 Å². The fourth-order valence-corrected chi connectivity index (χ4v) is 2.20. The van der Waals surface area contributed by atoms with Gasteiger partial charge in [0.2, 0.25) is 5.91 Å². The van der Waals surface area contributed by atoms with E-state index < -0.39 is 5.54 Å². The van der Waals surface area contributed by atoms with Crippen molar-refractivity contribution in [3.8, 4) is 5.75 Å². The summed E-state index contributed by atoms with van der Waals surface area (Å²) < 4.78 is 5.15. The first kappa shape index (κ1) is 16.5. The lowest BCUT2D eigenvalue weighted by atomic mass is 9.86. The summed E-state index contributed by atoms with van der Waals surface area (Å²) in [6.45, 7) is 3.48. The molecule has 1 amide bonds. The molecule has 5 nitrogen and oxygen atoms in total. The largest absolute Gasteiger partial charge is 0.497 e. The number of benzene rings is 1. The Kier molecular flexibility index (Phi) is 5.98. The third kappa shape index (κ3) is 3.71. The highest BCUT2D eigenvalue weighted by Gasteiger charge is 2.36. The van der Waals surface area contributed by atoms with Gasteiger partial charge in [-0.2, -0.15) is 0 Å². The van der Waals surface area contributed by atoms with E-state index in [9.17, 15) is 4.79 Å².